The van der Waals surface area contributed by atoms with Crippen molar-refractivity contribution in [2.24, 2.45) is 0 Å². The molecule has 0 saturated heterocycles. The molecule has 54 valence electrons. The lowest BCUT2D eigenvalue weighted by Gasteiger charge is -1.92. The predicted molar refractivity (Wildman–Crippen MR) is 41.3 cm³/mol. The molecule has 0 aromatic carbocycles. The van der Waals surface area contributed by atoms with E-state index < -0.39 is 0 Å². The van der Waals surface area contributed by atoms with Crippen LogP contribution in [0.2, 0.25) is 0 Å². The molecular formula is C9H11F. The summed E-state index contributed by atoms with van der Waals surface area (Å²) in [6.07, 6.45) is 6.18. The van der Waals surface area contributed by atoms with Crippen LogP contribution in [0.15, 0.2) is 35.2 Å². The van der Waals surface area contributed by atoms with Crippen LogP contribution in [0.25, 0.3) is 0 Å². The van der Waals surface area contributed by atoms with Crippen LogP contribution in [0, 0.1) is 0 Å². The molecule has 0 amide bonds. The van der Waals surface area contributed by atoms with Crippen LogP contribution in [0.1, 0.15) is 20.3 Å². The molecule has 10 heavy (non-hydrogen) atoms. The Morgan fingerprint density at radius 1 is 1.30 bits per heavy atom. The first-order valence-electron chi connectivity index (χ1n) is 3.41. The first-order chi connectivity index (χ1) is 4.70. The Kier molecular flexibility index (Phi) is 2.05. The summed E-state index contributed by atoms with van der Waals surface area (Å²) in [5.41, 5.74) is 1.87. The second-order valence-electron chi connectivity index (χ2n) is 2.56. The van der Waals surface area contributed by atoms with Gasteiger partial charge in [0.25, 0.3) is 0 Å². The van der Waals surface area contributed by atoms with E-state index in [1.807, 2.05) is 19.1 Å². The van der Waals surface area contributed by atoms with E-state index in [-0.39, 0.29) is 5.83 Å². The number of hydrogen-bond donors (Lipinski definition) is 0. The number of allylic oxidation sites excluding steroid dienone is 6. The van der Waals surface area contributed by atoms with Gasteiger partial charge in [0, 0.05) is 0 Å². The molecule has 1 aliphatic carbocycles. The minimum atomic E-state index is -0.0897. The van der Waals surface area contributed by atoms with Crippen LogP contribution in [0.4, 0.5) is 4.39 Å². The molecule has 0 saturated carbocycles. The summed E-state index contributed by atoms with van der Waals surface area (Å²) in [5.74, 6) is -0.0897. The number of hydrogen-bond acceptors (Lipinski definition) is 0. The maximum atomic E-state index is 12.8. The van der Waals surface area contributed by atoms with Gasteiger partial charge in [0.05, 0.1) is 0 Å². The highest BCUT2D eigenvalue weighted by Crippen LogP contribution is 2.17. The van der Waals surface area contributed by atoms with Gasteiger partial charge in [-0.1, -0.05) is 17.7 Å². The minimum Gasteiger partial charge on any atom is -0.207 e. The lowest BCUT2D eigenvalue weighted by atomic mass is 10.2. The lowest BCUT2D eigenvalue weighted by Crippen LogP contribution is -1.74. The van der Waals surface area contributed by atoms with Gasteiger partial charge in [-0.05, 0) is 31.9 Å². The van der Waals surface area contributed by atoms with Crippen LogP contribution < -0.4 is 0 Å². The molecule has 0 heterocycles. The summed E-state index contributed by atoms with van der Waals surface area (Å²) in [6, 6.07) is 0. The third-order valence-corrected chi connectivity index (χ3v) is 1.56. The molecule has 0 radical (unpaired) electrons. The average molecular weight is 138 g/mol. The molecule has 0 aromatic heterocycles. The van der Waals surface area contributed by atoms with Gasteiger partial charge in [0.1, 0.15) is 5.83 Å². The highest BCUT2D eigenvalue weighted by atomic mass is 19.1. The molecule has 0 spiro atoms. The maximum Gasteiger partial charge on any atom is 0.122 e. The largest absolute Gasteiger partial charge is 0.207 e. The Bertz CT molecular complexity index is 219. The molecule has 0 aliphatic heterocycles. The van der Waals surface area contributed by atoms with Crippen LogP contribution in [0.5, 0.6) is 0 Å². The van der Waals surface area contributed by atoms with Gasteiger partial charge < -0.3 is 0 Å². The Labute approximate surface area is 60.7 Å². The summed E-state index contributed by atoms with van der Waals surface area (Å²) in [4.78, 5) is 0. The van der Waals surface area contributed by atoms with E-state index in [1.54, 1.807) is 13.0 Å². The monoisotopic (exact) mass is 138 g/mol. The highest BCUT2D eigenvalue weighted by molar-refractivity contribution is 5.34. The van der Waals surface area contributed by atoms with E-state index in [2.05, 4.69) is 0 Å². The SMILES string of the molecule is CC1=CCC=C(F)C(C)=C1. The fourth-order valence-electron chi connectivity index (χ4n) is 0.979. The van der Waals surface area contributed by atoms with E-state index in [9.17, 15) is 4.39 Å². The van der Waals surface area contributed by atoms with Crippen molar-refractivity contribution >= 4 is 0 Å². The lowest BCUT2D eigenvalue weighted by molar-refractivity contribution is 0.648. The fraction of sp³-hybridized carbons (Fsp3) is 0.333. The van der Waals surface area contributed by atoms with Crippen LogP contribution in [-0.4, -0.2) is 0 Å². The van der Waals surface area contributed by atoms with Gasteiger partial charge >= 0.3 is 0 Å². The standard InChI is InChI=1S/C9H11F/c1-7-4-3-5-9(10)8(2)6-7/h4-6H,3H2,1-2H3. The van der Waals surface area contributed by atoms with Gasteiger partial charge in [-0.2, -0.15) is 0 Å². The van der Waals surface area contributed by atoms with E-state index in [0.29, 0.717) is 6.42 Å². The molecule has 0 atom stereocenters. The second kappa shape index (κ2) is 2.82. The number of rotatable bonds is 0. The van der Waals surface area contributed by atoms with Gasteiger partial charge in [0.2, 0.25) is 0 Å². The second-order valence-corrected chi connectivity index (χ2v) is 2.56. The predicted octanol–water partition coefficient (Wildman–Crippen LogP) is 3.14. The summed E-state index contributed by atoms with van der Waals surface area (Å²) >= 11 is 0. The Balaban J connectivity index is 2.92. The molecular weight excluding hydrogens is 127 g/mol. The molecule has 1 heteroatoms. The Morgan fingerprint density at radius 3 is 2.70 bits per heavy atom. The van der Waals surface area contributed by atoms with Crippen molar-refractivity contribution in [2.75, 3.05) is 0 Å². The fourth-order valence-corrected chi connectivity index (χ4v) is 0.979. The normalized spacial score (nSPS) is 18.9. The molecule has 1 rings (SSSR count). The molecule has 0 nitrogen and oxygen atoms in total. The zero-order chi connectivity index (χ0) is 7.56. The first-order valence-corrected chi connectivity index (χ1v) is 3.41. The van der Waals surface area contributed by atoms with E-state index >= 15 is 0 Å². The smallest absolute Gasteiger partial charge is 0.122 e. The topological polar surface area (TPSA) is 0 Å². The van der Waals surface area contributed by atoms with Gasteiger partial charge in [0.15, 0.2) is 0 Å². The quantitative estimate of drug-likeness (QED) is 0.482. The number of halogens is 1. The third-order valence-electron chi connectivity index (χ3n) is 1.56. The Morgan fingerprint density at radius 2 is 2.00 bits per heavy atom. The van der Waals surface area contributed by atoms with Crippen molar-refractivity contribution < 1.29 is 4.39 Å². The zero-order valence-electron chi connectivity index (χ0n) is 6.32. The zero-order valence-corrected chi connectivity index (χ0v) is 6.32. The van der Waals surface area contributed by atoms with Crippen molar-refractivity contribution in [1.29, 1.82) is 0 Å². The van der Waals surface area contributed by atoms with Gasteiger partial charge in [-0.15, -0.1) is 0 Å². The Hall–Kier alpha value is -0.850. The minimum absolute atomic E-state index is 0.0897. The summed E-state index contributed by atoms with van der Waals surface area (Å²) in [5, 5.41) is 0. The van der Waals surface area contributed by atoms with E-state index in [4.69, 9.17) is 0 Å². The summed E-state index contributed by atoms with van der Waals surface area (Å²) < 4.78 is 12.8. The third kappa shape index (κ3) is 1.56. The summed E-state index contributed by atoms with van der Waals surface area (Å²) in [6.45, 7) is 3.77. The molecule has 0 bridgehead atoms. The van der Waals surface area contributed by atoms with Crippen molar-refractivity contribution in [3.63, 3.8) is 0 Å². The van der Waals surface area contributed by atoms with Crippen molar-refractivity contribution in [3.8, 4) is 0 Å². The molecule has 0 unspecified atom stereocenters. The molecule has 0 fully saturated rings. The first kappa shape index (κ1) is 7.26. The average Bonchev–Trinajstić information content (AvgIpc) is 1.96. The van der Waals surface area contributed by atoms with Crippen molar-refractivity contribution in [1.82, 2.24) is 0 Å². The van der Waals surface area contributed by atoms with E-state index in [1.165, 1.54) is 0 Å². The summed E-state index contributed by atoms with van der Waals surface area (Å²) in [7, 11) is 0. The van der Waals surface area contributed by atoms with Gasteiger partial charge in [-0.3, -0.25) is 0 Å². The van der Waals surface area contributed by atoms with Gasteiger partial charge in [-0.25, -0.2) is 4.39 Å². The highest BCUT2D eigenvalue weighted by Gasteiger charge is 1.99. The maximum absolute atomic E-state index is 12.8. The van der Waals surface area contributed by atoms with Crippen LogP contribution >= 0.6 is 0 Å². The van der Waals surface area contributed by atoms with Crippen molar-refractivity contribution in [2.45, 2.75) is 20.3 Å². The molecule has 1 aliphatic rings. The van der Waals surface area contributed by atoms with Crippen LogP contribution in [-0.2, 0) is 0 Å². The van der Waals surface area contributed by atoms with E-state index in [0.717, 1.165) is 11.1 Å². The van der Waals surface area contributed by atoms with Crippen molar-refractivity contribution in [3.05, 3.63) is 35.2 Å². The molecule has 0 aromatic rings. The van der Waals surface area contributed by atoms with Crippen LogP contribution in [0.3, 0.4) is 0 Å². The molecule has 0 N–H and O–H groups in total.